The first-order valence-corrected chi connectivity index (χ1v) is 8.04. The van der Waals surface area contributed by atoms with Crippen LogP contribution in [-0.4, -0.2) is 4.98 Å². The fourth-order valence-electron chi connectivity index (χ4n) is 2.76. The van der Waals surface area contributed by atoms with Gasteiger partial charge in [0.1, 0.15) is 0 Å². The fourth-order valence-corrected chi connectivity index (χ4v) is 3.75. The molecule has 0 radical (unpaired) electrons. The van der Waals surface area contributed by atoms with Crippen molar-refractivity contribution in [2.75, 3.05) is 0 Å². The van der Waals surface area contributed by atoms with Gasteiger partial charge in [-0.15, -0.1) is 8.19 Å². The Morgan fingerprint density at radius 3 is 1.94 bits per heavy atom. The number of nitrogens with zero attached hydrogens (tertiary/aromatic N) is 1. The Hall–Kier alpha value is -0.290. The maximum absolute atomic E-state index is 4.56. The molecular weight excluding hydrogens is 213 g/mol. The molecular formula is C14H24NP. The molecule has 1 unspecified atom stereocenters. The molecule has 16 heavy (non-hydrogen) atoms. The summed E-state index contributed by atoms with van der Waals surface area (Å²) < 4.78 is 0. The van der Waals surface area contributed by atoms with Gasteiger partial charge in [0.15, 0.2) is 0 Å². The standard InChI is InChI=1S/C14H24NP/c1-2-4-6-8-10-13(9-7-5-3-1)14-15-11-12-16-14/h11-13,16H,1-10H2. The number of hydrogen-bond donors (Lipinski definition) is 0. The van der Waals surface area contributed by atoms with Crippen LogP contribution in [0, 0.1) is 0 Å². The minimum Gasteiger partial charge on any atom is -0.257 e. The van der Waals surface area contributed by atoms with Crippen LogP contribution in [0.5, 0.6) is 0 Å². The molecule has 1 aliphatic rings. The van der Waals surface area contributed by atoms with Gasteiger partial charge >= 0.3 is 0 Å². The second kappa shape index (κ2) is 7.12. The molecule has 0 aliphatic heterocycles. The van der Waals surface area contributed by atoms with Gasteiger partial charge in [0.2, 0.25) is 0 Å². The summed E-state index contributed by atoms with van der Waals surface area (Å²) >= 11 is 0. The van der Waals surface area contributed by atoms with Crippen LogP contribution in [0.3, 0.4) is 0 Å². The van der Waals surface area contributed by atoms with Crippen molar-refractivity contribution < 1.29 is 0 Å². The summed E-state index contributed by atoms with van der Waals surface area (Å²) in [7, 11) is 0.889. The first-order valence-electron chi connectivity index (χ1n) is 6.96. The van der Waals surface area contributed by atoms with Crippen LogP contribution in [0.2, 0.25) is 0 Å². The van der Waals surface area contributed by atoms with Crippen molar-refractivity contribution in [3.05, 3.63) is 17.4 Å². The zero-order valence-electron chi connectivity index (χ0n) is 10.3. The largest absolute Gasteiger partial charge is 0.257 e. The number of hydrogen-bond acceptors (Lipinski definition) is 1. The summed E-state index contributed by atoms with van der Waals surface area (Å²) in [6.45, 7) is 0. The molecule has 1 atom stereocenters. The highest BCUT2D eigenvalue weighted by Crippen LogP contribution is 2.32. The number of aromatic nitrogens is 1. The molecule has 0 N–H and O–H groups in total. The van der Waals surface area contributed by atoms with E-state index in [1.165, 1.54) is 69.6 Å². The highest BCUT2D eigenvalue weighted by molar-refractivity contribution is 7.30. The predicted molar refractivity (Wildman–Crippen MR) is 72.6 cm³/mol. The summed E-state index contributed by atoms with van der Waals surface area (Å²) in [5.41, 5.74) is 1.50. The fraction of sp³-hybridized carbons (Fsp3) is 0.786. The van der Waals surface area contributed by atoms with E-state index in [9.17, 15) is 0 Å². The molecule has 90 valence electrons. The van der Waals surface area contributed by atoms with Gasteiger partial charge in [-0.25, -0.2) is 0 Å². The van der Waals surface area contributed by atoms with Crippen LogP contribution >= 0.6 is 8.19 Å². The topological polar surface area (TPSA) is 12.9 Å². The summed E-state index contributed by atoms with van der Waals surface area (Å²) in [5.74, 6) is 3.05. The molecule has 1 nitrogen and oxygen atoms in total. The second-order valence-corrected chi connectivity index (χ2v) is 6.21. The van der Waals surface area contributed by atoms with E-state index in [0.717, 1.165) is 14.1 Å². The van der Waals surface area contributed by atoms with Gasteiger partial charge in [-0.2, -0.15) is 0 Å². The van der Waals surface area contributed by atoms with Crippen molar-refractivity contribution in [3.63, 3.8) is 0 Å². The SMILES string of the molecule is c1c[pH]c(C2CCCCCCCCCC2)n1. The molecule has 1 fully saturated rings. The van der Waals surface area contributed by atoms with Crippen LogP contribution in [0.15, 0.2) is 12.0 Å². The predicted octanol–water partition coefficient (Wildman–Crippen LogP) is 5.11. The van der Waals surface area contributed by atoms with E-state index in [2.05, 4.69) is 10.8 Å². The molecule has 0 bridgehead atoms. The molecule has 2 rings (SSSR count). The normalized spacial score (nSPS) is 22.0. The summed E-state index contributed by atoms with van der Waals surface area (Å²) in [6, 6.07) is 0. The Morgan fingerprint density at radius 1 is 0.875 bits per heavy atom. The summed E-state index contributed by atoms with van der Waals surface area (Å²) in [4.78, 5) is 4.56. The van der Waals surface area contributed by atoms with Crippen molar-refractivity contribution in [1.29, 1.82) is 0 Å². The third-order valence-electron chi connectivity index (χ3n) is 3.76. The first kappa shape index (κ1) is 12.2. The maximum atomic E-state index is 4.56. The van der Waals surface area contributed by atoms with Crippen LogP contribution < -0.4 is 0 Å². The summed E-state index contributed by atoms with van der Waals surface area (Å²) in [6.07, 6.45) is 16.4. The van der Waals surface area contributed by atoms with Gasteiger partial charge in [-0.1, -0.05) is 51.4 Å². The van der Waals surface area contributed by atoms with Gasteiger partial charge in [0, 0.05) is 12.1 Å². The lowest BCUT2D eigenvalue weighted by Crippen LogP contribution is -1.98. The Morgan fingerprint density at radius 2 is 1.44 bits per heavy atom. The van der Waals surface area contributed by atoms with Crippen molar-refractivity contribution in [2.24, 2.45) is 0 Å². The Labute approximate surface area is 101 Å². The van der Waals surface area contributed by atoms with Crippen molar-refractivity contribution >= 4 is 8.19 Å². The van der Waals surface area contributed by atoms with Gasteiger partial charge in [0.05, 0.1) is 5.43 Å². The summed E-state index contributed by atoms with van der Waals surface area (Å²) in [5, 5.41) is 0. The van der Waals surface area contributed by atoms with Crippen LogP contribution in [0.4, 0.5) is 0 Å². The number of rotatable bonds is 1. The average Bonchev–Trinajstić information content (AvgIpc) is 2.79. The van der Waals surface area contributed by atoms with Crippen LogP contribution in [0.1, 0.15) is 75.6 Å². The van der Waals surface area contributed by atoms with E-state index in [1.807, 2.05) is 6.20 Å². The van der Waals surface area contributed by atoms with E-state index in [4.69, 9.17) is 0 Å². The first-order chi connectivity index (χ1) is 7.97. The maximum Gasteiger partial charge on any atom is 0.0592 e. The van der Waals surface area contributed by atoms with E-state index < -0.39 is 0 Å². The molecule has 1 aliphatic carbocycles. The molecule has 0 spiro atoms. The van der Waals surface area contributed by atoms with Gasteiger partial charge in [-0.05, 0) is 18.6 Å². The van der Waals surface area contributed by atoms with Crippen molar-refractivity contribution in [3.8, 4) is 0 Å². The molecule has 0 amide bonds. The van der Waals surface area contributed by atoms with Crippen molar-refractivity contribution in [2.45, 2.75) is 70.1 Å². The van der Waals surface area contributed by atoms with Crippen LogP contribution in [-0.2, 0) is 0 Å². The van der Waals surface area contributed by atoms with Crippen molar-refractivity contribution in [1.82, 2.24) is 4.98 Å². The van der Waals surface area contributed by atoms with E-state index >= 15 is 0 Å². The molecule has 0 saturated heterocycles. The minimum atomic E-state index is 0.812. The van der Waals surface area contributed by atoms with Gasteiger partial charge in [0.25, 0.3) is 0 Å². The van der Waals surface area contributed by atoms with Gasteiger partial charge < -0.3 is 0 Å². The van der Waals surface area contributed by atoms with Crippen LogP contribution in [0.25, 0.3) is 0 Å². The highest BCUT2D eigenvalue weighted by atomic mass is 31.0. The third-order valence-corrected chi connectivity index (χ3v) is 4.91. The zero-order valence-corrected chi connectivity index (χ0v) is 11.3. The molecule has 1 heterocycles. The quantitative estimate of drug-likeness (QED) is 0.661. The second-order valence-electron chi connectivity index (χ2n) is 5.08. The molecule has 1 aromatic heterocycles. The minimum absolute atomic E-state index is 0.812. The third kappa shape index (κ3) is 3.94. The lowest BCUT2D eigenvalue weighted by Gasteiger charge is -2.14. The lowest BCUT2D eigenvalue weighted by atomic mass is 9.96. The monoisotopic (exact) mass is 237 g/mol. The van der Waals surface area contributed by atoms with E-state index in [1.54, 1.807) is 0 Å². The highest BCUT2D eigenvalue weighted by Gasteiger charge is 2.13. The Kier molecular flexibility index (Phi) is 5.42. The van der Waals surface area contributed by atoms with Gasteiger partial charge in [-0.3, -0.25) is 4.98 Å². The molecule has 1 aromatic rings. The van der Waals surface area contributed by atoms with E-state index in [-0.39, 0.29) is 0 Å². The Balaban J connectivity index is 1.88. The molecule has 0 aromatic carbocycles. The lowest BCUT2D eigenvalue weighted by molar-refractivity contribution is 0.513. The molecule has 2 heteroatoms. The Bertz CT molecular complexity index is 256. The average molecular weight is 237 g/mol. The smallest absolute Gasteiger partial charge is 0.0592 e. The molecule has 1 saturated carbocycles. The van der Waals surface area contributed by atoms with E-state index in [0.29, 0.717) is 0 Å². The zero-order chi connectivity index (χ0) is 11.1.